The molecule has 0 amide bonds. The second-order valence-corrected chi connectivity index (χ2v) is 4.19. The number of ether oxygens (including phenoxy) is 1. The maximum Gasteiger partial charge on any atom is 0.138 e. The highest BCUT2D eigenvalue weighted by Crippen LogP contribution is 2.20. The van der Waals surface area contributed by atoms with E-state index in [0.717, 1.165) is 31.0 Å². The topological polar surface area (TPSA) is 38.6 Å². The van der Waals surface area contributed by atoms with Crippen molar-refractivity contribution in [2.45, 2.75) is 6.10 Å². The van der Waals surface area contributed by atoms with Gasteiger partial charge >= 0.3 is 0 Å². The minimum Gasteiger partial charge on any atom is -0.369 e. The van der Waals surface area contributed by atoms with Crippen LogP contribution in [-0.2, 0) is 4.74 Å². The van der Waals surface area contributed by atoms with Crippen LogP contribution in [0.1, 0.15) is 11.8 Å². The van der Waals surface area contributed by atoms with Crippen molar-refractivity contribution in [3.8, 4) is 0 Å². The summed E-state index contributed by atoms with van der Waals surface area (Å²) in [5.41, 5.74) is 1.79. The maximum atomic E-state index is 6.08. The minimum atomic E-state index is 0.0321. The van der Waals surface area contributed by atoms with Crippen LogP contribution in [0.3, 0.4) is 0 Å². The molecule has 0 saturated carbocycles. The van der Waals surface area contributed by atoms with Crippen LogP contribution in [0.2, 0.25) is 5.15 Å². The molecule has 0 spiro atoms. The van der Waals surface area contributed by atoms with Crippen molar-refractivity contribution in [3.05, 3.63) is 35.2 Å². The molecular weight excluding hydrogens is 226 g/mol. The summed E-state index contributed by atoms with van der Waals surface area (Å²) >= 11 is 6.08. The lowest BCUT2D eigenvalue weighted by Gasteiger charge is -2.21. The molecule has 84 valence electrons. The summed E-state index contributed by atoms with van der Waals surface area (Å²) in [6.45, 7) is 2.44. The fourth-order valence-electron chi connectivity index (χ4n) is 1.91. The predicted octanol–water partition coefficient (Wildman–Crippen LogP) is 1.65. The van der Waals surface area contributed by atoms with Gasteiger partial charge in [-0.1, -0.05) is 17.7 Å². The lowest BCUT2D eigenvalue weighted by molar-refractivity contribution is 0.0253. The van der Waals surface area contributed by atoms with Crippen molar-refractivity contribution < 1.29 is 4.74 Å². The van der Waals surface area contributed by atoms with Gasteiger partial charge in [0.15, 0.2) is 0 Å². The van der Waals surface area contributed by atoms with Crippen LogP contribution in [0.4, 0.5) is 0 Å². The van der Waals surface area contributed by atoms with Crippen LogP contribution in [0.5, 0.6) is 0 Å². The molecule has 1 N–H and O–H groups in total. The molecule has 2 aromatic rings. The van der Waals surface area contributed by atoms with Crippen molar-refractivity contribution in [1.82, 2.24) is 14.7 Å². The van der Waals surface area contributed by atoms with Gasteiger partial charge in [-0.05, 0) is 12.1 Å². The third-order valence-corrected chi connectivity index (χ3v) is 3.03. The number of nitrogens with one attached hydrogen (secondary N) is 1. The number of hydrogen-bond donors (Lipinski definition) is 1. The van der Waals surface area contributed by atoms with Crippen LogP contribution < -0.4 is 5.32 Å². The Balaban J connectivity index is 2.01. The maximum absolute atomic E-state index is 6.08. The Morgan fingerprint density at radius 2 is 2.44 bits per heavy atom. The Hall–Kier alpha value is -1.10. The molecule has 3 rings (SSSR count). The molecule has 0 aromatic carbocycles. The minimum absolute atomic E-state index is 0.0321. The average Bonchev–Trinajstić information content (AvgIpc) is 2.76. The molecule has 1 aliphatic rings. The average molecular weight is 238 g/mol. The molecule has 0 aliphatic carbocycles. The molecule has 2 aromatic heterocycles. The fraction of sp³-hybridized carbons (Fsp3) is 0.364. The van der Waals surface area contributed by atoms with E-state index in [1.54, 1.807) is 0 Å². The highest BCUT2D eigenvalue weighted by molar-refractivity contribution is 6.29. The van der Waals surface area contributed by atoms with Crippen LogP contribution >= 0.6 is 11.6 Å². The first kappa shape index (κ1) is 10.1. The summed E-state index contributed by atoms with van der Waals surface area (Å²) in [5.74, 6) is 0. The van der Waals surface area contributed by atoms with Gasteiger partial charge in [0, 0.05) is 19.3 Å². The van der Waals surface area contributed by atoms with E-state index in [2.05, 4.69) is 10.3 Å². The Morgan fingerprint density at radius 1 is 1.50 bits per heavy atom. The molecule has 1 atom stereocenters. The lowest BCUT2D eigenvalue weighted by Crippen LogP contribution is -2.33. The molecule has 16 heavy (non-hydrogen) atoms. The summed E-state index contributed by atoms with van der Waals surface area (Å²) < 4.78 is 7.52. The lowest BCUT2D eigenvalue weighted by atomic mass is 10.2. The van der Waals surface area contributed by atoms with Crippen molar-refractivity contribution >= 4 is 17.2 Å². The number of imidazole rings is 1. The van der Waals surface area contributed by atoms with E-state index in [4.69, 9.17) is 16.3 Å². The Kier molecular flexibility index (Phi) is 2.55. The van der Waals surface area contributed by atoms with Gasteiger partial charge in [0.1, 0.15) is 16.9 Å². The van der Waals surface area contributed by atoms with Crippen molar-refractivity contribution in [2.75, 3.05) is 19.7 Å². The molecule has 1 aliphatic heterocycles. The molecule has 0 radical (unpaired) electrons. The molecule has 1 fully saturated rings. The monoisotopic (exact) mass is 237 g/mol. The van der Waals surface area contributed by atoms with Gasteiger partial charge in [-0.25, -0.2) is 4.98 Å². The third kappa shape index (κ3) is 1.69. The van der Waals surface area contributed by atoms with Crippen LogP contribution in [0.25, 0.3) is 5.65 Å². The van der Waals surface area contributed by atoms with E-state index in [0.29, 0.717) is 5.15 Å². The highest BCUT2D eigenvalue weighted by atomic mass is 35.5. The Morgan fingerprint density at radius 3 is 3.19 bits per heavy atom. The van der Waals surface area contributed by atoms with E-state index in [-0.39, 0.29) is 6.10 Å². The number of aromatic nitrogens is 2. The number of halogens is 1. The van der Waals surface area contributed by atoms with E-state index in [1.807, 2.05) is 28.8 Å². The van der Waals surface area contributed by atoms with Crippen molar-refractivity contribution in [2.24, 2.45) is 0 Å². The van der Waals surface area contributed by atoms with E-state index in [1.165, 1.54) is 0 Å². The Labute approximate surface area is 98.2 Å². The number of fused-ring (bicyclic) bond motifs is 1. The second-order valence-electron chi connectivity index (χ2n) is 3.81. The summed E-state index contributed by atoms with van der Waals surface area (Å²) in [5, 5.41) is 3.95. The first-order chi connectivity index (χ1) is 7.84. The zero-order valence-electron chi connectivity index (χ0n) is 8.69. The molecule has 1 unspecified atom stereocenters. The Bertz CT molecular complexity index is 505. The quantitative estimate of drug-likeness (QED) is 0.767. The first-order valence-corrected chi connectivity index (χ1v) is 5.68. The summed E-state index contributed by atoms with van der Waals surface area (Å²) in [7, 11) is 0. The fourth-order valence-corrected chi connectivity index (χ4v) is 2.11. The van der Waals surface area contributed by atoms with Gasteiger partial charge in [-0.15, -0.1) is 0 Å². The number of rotatable bonds is 1. The number of hydrogen-bond acceptors (Lipinski definition) is 3. The number of nitrogens with zero attached hydrogens (tertiary/aromatic N) is 2. The van der Waals surface area contributed by atoms with Crippen molar-refractivity contribution in [3.63, 3.8) is 0 Å². The SMILES string of the molecule is Clc1cccc2nc(C3CNCCO3)cn12. The highest BCUT2D eigenvalue weighted by Gasteiger charge is 2.18. The van der Waals surface area contributed by atoms with Gasteiger partial charge < -0.3 is 10.1 Å². The molecule has 5 heteroatoms. The van der Waals surface area contributed by atoms with Gasteiger partial charge in [-0.2, -0.15) is 0 Å². The van der Waals surface area contributed by atoms with E-state index in [9.17, 15) is 0 Å². The zero-order chi connectivity index (χ0) is 11.0. The zero-order valence-corrected chi connectivity index (χ0v) is 9.44. The molecule has 0 bridgehead atoms. The van der Waals surface area contributed by atoms with E-state index < -0.39 is 0 Å². The summed E-state index contributed by atoms with van der Waals surface area (Å²) in [4.78, 5) is 4.51. The van der Waals surface area contributed by atoms with Gasteiger partial charge in [0.05, 0.1) is 12.3 Å². The molecule has 1 saturated heterocycles. The molecular formula is C11H12ClN3O. The third-order valence-electron chi connectivity index (χ3n) is 2.72. The number of pyridine rings is 1. The smallest absolute Gasteiger partial charge is 0.138 e. The van der Waals surface area contributed by atoms with Crippen LogP contribution in [-0.4, -0.2) is 29.1 Å². The first-order valence-electron chi connectivity index (χ1n) is 5.30. The standard InChI is InChI=1S/C11H12ClN3O/c12-10-2-1-3-11-14-8(7-15(10)11)9-6-13-4-5-16-9/h1-3,7,9,13H,4-6H2. The van der Waals surface area contributed by atoms with Gasteiger partial charge in [0.25, 0.3) is 0 Å². The predicted molar refractivity (Wildman–Crippen MR) is 61.8 cm³/mol. The van der Waals surface area contributed by atoms with Gasteiger partial charge in [0.2, 0.25) is 0 Å². The normalized spacial score (nSPS) is 21.4. The van der Waals surface area contributed by atoms with E-state index >= 15 is 0 Å². The van der Waals surface area contributed by atoms with Crippen LogP contribution in [0, 0.1) is 0 Å². The largest absolute Gasteiger partial charge is 0.369 e. The second kappa shape index (κ2) is 4.05. The van der Waals surface area contributed by atoms with Gasteiger partial charge in [-0.3, -0.25) is 4.40 Å². The molecule has 3 heterocycles. The molecule has 4 nitrogen and oxygen atoms in total. The van der Waals surface area contributed by atoms with Crippen LogP contribution in [0.15, 0.2) is 24.4 Å². The van der Waals surface area contributed by atoms with Crippen molar-refractivity contribution in [1.29, 1.82) is 0 Å². The number of morpholine rings is 1. The summed E-state index contributed by atoms with van der Waals surface area (Å²) in [6, 6.07) is 5.68. The summed E-state index contributed by atoms with van der Waals surface area (Å²) in [6.07, 6.45) is 1.97.